The molecule has 5 nitrogen and oxygen atoms in total. The zero-order chi connectivity index (χ0) is 15.5. The Labute approximate surface area is 131 Å². The Hall–Kier alpha value is -0.470. The van der Waals surface area contributed by atoms with Crippen LogP contribution >= 0.6 is 11.3 Å². The van der Waals surface area contributed by atoms with Crippen LogP contribution in [0, 0.1) is 0 Å². The smallest absolute Gasteiger partial charge is 0.250 e. The van der Waals surface area contributed by atoms with Gasteiger partial charge in [-0.2, -0.15) is 0 Å². The van der Waals surface area contributed by atoms with E-state index >= 15 is 0 Å². The van der Waals surface area contributed by atoms with E-state index in [1.807, 2.05) is 12.3 Å². The third kappa shape index (κ3) is 4.75. The molecule has 1 fully saturated rings. The van der Waals surface area contributed by atoms with Crippen LogP contribution in [-0.2, 0) is 21.3 Å². The average Bonchev–Trinajstić information content (AvgIpc) is 2.85. The van der Waals surface area contributed by atoms with Crippen LogP contribution in [0.3, 0.4) is 0 Å². The van der Waals surface area contributed by atoms with E-state index < -0.39 is 15.6 Å². The molecule has 0 bridgehead atoms. The van der Waals surface area contributed by atoms with E-state index in [2.05, 4.69) is 23.9 Å². The molecule has 1 saturated heterocycles. The summed E-state index contributed by atoms with van der Waals surface area (Å²) in [5.74, 6) is 0. The summed E-state index contributed by atoms with van der Waals surface area (Å²) in [6.07, 6.45) is 1.42. The van der Waals surface area contributed by atoms with Gasteiger partial charge in [0.2, 0.25) is 0 Å². The molecule has 1 aromatic heterocycles. The average molecular weight is 332 g/mol. The maximum atomic E-state index is 12.5. The van der Waals surface area contributed by atoms with Crippen molar-refractivity contribution < 1.29 is 13.2 Å². The van der Waals surface area contributed by atoms with Gasteiger partial charge in [-0.15, -0.1) is 11.3 Å². The van der Waals surface area contributed by atoms with Crippen molar-refractivity contribution in [2.75, 3.05) is 13.2 Å². The molecule has 7 heteroatoms. The summed E-state index contributed by atoms with van der Waals surface area (Å²) in [7, 11) is -3.45. The maximum absolute atomic E-state index is 12.5. The van der Waals surface area contributed by atoms with E-state index in [4.69, 9.17) is 4.74 Å². The van der Waals surface area contributed by atoms with Crippen molar-refractivity contribution in [1.29, 1.82) is 0 Å². The molecule has 0 radical (unpaired) electrons. The van der Waals surface area contributed by atoms with Gasteiger partial charge in [-0.05, 0) is 36.8 Å². The van der Waals surface area contributed by atoms with E-state index in [9.17, 15) is 8.42 Å². The third-order valence-corrected chi connectivity index (χ3v) is 6.71. The fourth-order valence-electron chi connectivity index (χ4n) is 2.21. The highest BCUT2D eigenvalue weighted by atomic mass is 32.2. The predicted molar refractivity (Wildman–Crippen MR) is 85.1 cm³/mol. The van der Waals surface area contributed by atoms with Gasteiger partial charge in [0.05, 0.1) is 0 Å². The summed E-state index contributed by atoms with van der Waals surface area (Å²) in [6.45, 7) is 7.98. The monoisotopic (exact) mass is 332 g/mol. The molecular weight excluding hydrogens is 308 g/mol. The van der Waals surface area contributed by atoms with Gasteiger partial charge < -0.3 is 10.1 Å². The lowest BCUT2D eigenvalue weighted by molar-refractivity contribution is 0.0538. The van der Waals surface area contributed by atoms with Crippen LogP contribution in [0.25, 0.3) is 0 Å². The first-order valence-corrected chi connectivity index (χ1v) is 9.60. The second kappa shape index (κ2) is 6.75. The zero-order valence-electron chi connectivity index (χ0n) is 12.8. The number of nitrogens with one attached hydrogen (secondary N) is 2. The summed E-state index contributed by atoms with van der Waals surface area (Å²) >= 11 is 1.27. The minimum absolute atomic E-state index is 0.379. The summed E-state index contributed by atoms with van der Waals surface area (Å²) in [5, 5.41) is 5.19. The molecular formula is C14H24N2O3S2. The number of ether oxygens (including phenoxy) is 1. The number of hydrogen-bond acceptors (Lipinski definition) is 5. The normalized spacial score (nSPS) is 19.0. The molecule has 0 spiro atoms. The van der Waals surface area contributed by atoms with Crippen LogP contribution in [0.15, 0.2) is 15.7 Å². The van der Waals surface area contributed by atoms with Gasteiger partial charge in [0.15, 0.2) is 0 Å². The number of rotatable bonds is 6. The fraction of sp³-hybridized carbons (Fsp3) is 0.714. The van der Waals surface area contributed by atoms with Crippen molar-refractivity contribution >= 4 is 21.4 Å². The van der Waals surface area contributed by atoms with Gasteiger partial charge >= 0.3 is 0 Å². The lowest BCUT2D eigenvalue weighted by atomic mass is 9.94. The topological polar surface area (TPSA) is 67.4 Å². The lowest BCUT2D eigenvalue weighted by Crippen LogP contribution is -2.49. The minimum Gasteiger partial charge on any atom is -0.381 e. The molecule has 1 aromatic rings. The van der Waals surface area contributed by atoms with E-state index in [1.165, 1.54) is 11.3 Å². The standard InChI is InChI=1S/C14H24N2O3S2/c1-11(2)15-9-12-8-13(20-10-12)21(17,18)16-14(3)4-6-19-7-5-14/h8,10-11,15-16H,4-7,9H2,1-3H3. The Balaban J connectivity index is 2.05. The van der Waals surface area contributed by atoms with Crippen LogP contribution in [0.1, 0.15) is 39.2 Å². The molecule has 21 heavy (non-hydrogen) atoms. The highest BCUT2D eigenvalue weighted by Crippen LogP contribution is 2.26. The largest absolute Gasteiger partial charge is 0.381 e. The maximum Gasteiger partial charge on any atom is 0.250 e. The second-order valence-corrected chi connectivity index (χ2v) is 8.91. The molecule has 0 saturated carbocycles. The van der Waals surface area contributed by atoms with Crippen molar-refractivity contribution in [2.24, 2.45) is 0 Å². The minimum atomic E-state index is -3.45. The molecule has 120 valence electrons. The van der Waals surface area contributed by atoms with E-state index in [1.54, 1.807) is 6.07 Å². The third-order valence-electron chi connectivity index (χ3n) is 3.59. The fourth-order valence-corrected chi connectivity index (χ4v) is 4.88. The van der Waals surface area contributed by atoms with Gasteiger partial charge in [-0.1, -0.05) is 13.8 Å². The van der Waals surface area contributed by atoms with Gasteiger partial charge in [-0.25, -0.2) is 13.1 Å². The summed E-state index contributed by atoms with van der Waals surface area (Å²) in [6, 6.07) is 2.13. The Bertz CT molecular complexity index is 561. The highest BCUT2D eigenvalue weighted by Gasteiger charge is 2.33. The molecule has 1 aliphatic rings. The van der Waals surface area contributed by atoms with Crippen molar-refractivity contribution in [3.8, 4) is 0 Å². The SMILES string of the molecule is CC(C)NCc1csc(S(=O)(=O)NC2(C)CCOCC2)c1. The first-order chi connectivity index (χ1) is 9.81. The van der Waals surface area contributed by atoms with Gasteiger partial charge in [-0.3, -0.25) is 0 Å². The first-order valence-electron chi connectivity index (χ1n) is 7.23. The Morgan fingerprint density at radius 2 is 2.05 bits per heavy atom. The second-order valence-electron chi connectivity index (χ2n) is 6.09. The molecule has 1 aliphatic heterocycles. The molecule has 0 amide bonds. The first kappa shape index (κ1) is 16.9. The predicted octanol–water partition coefficient (Wildman–Crippen LogP) is 2.09. The van der Waals surface area contributed by atoms with Crippen molar-refractivity contribution in [3.05, 3.63) is 17.0 Å². The Kier molecular flexibility index (Phi) is 5.43. The van der Waals surface area contributed by atoms with E-state index in [0.29, 0.717) is 42.9 Å². The number of hydrogen-bond donors (Lipinski definition) is 2. The molecule has 0 unspecified atom stereocenters. The lowest BCUT2D eigenvalue weighted by Gasteiger charge is -2.33. The Morgan fingerprint density at radius 3 is 2.67 bits per heavy atom. The summed E-state index contributed by atoms with van der Waals surface area (Å²) < 4.78 is 33.5. The molecule has 2 heterocycles. The van der Waals surface area contributed by atoms with Gasteiger partial charge in [0.1, 0.15) is 4.21 Å². The Morgan fingerprint density at radius 1 is 1.38 bits per heavy atom. The summed E-state index contributed by atoms with van der Waals surface area (Å²) in [4.78, 5) is 0. The molecule has 0 aliphatic carbocycles. The van der Waals surface area contributed by atoms with E-state index in [-0.39, 0.29) is 0 Å². The molecule has 0 atom stereocenters. The van der Waals surface area contributed by atoms with Crippen molar-refractivity contribution in [3.63, 3.8) is 0 Å². The molecule has 0 aromatic carbocycles. The van der Waals surface area contributed by atoms with E-state index in [0.717, 1.165) is 5.56 Å². The number of thiophene rings is 1. The summed E-state index contributed by atoms with van der Waals surface area (Å²) in [5.41, 5.74) is 0.600. The highest BCUT2D eigenvalue weighted by molar-refractivity contribution is 7.91. The van der Waals surface area contributed by atoms with Gasteiger partial charge in [0, 0.05) is 31.3 Å². The van der Waals surface area contributed by atoms with Crippen LogP contribution in [0.2, 0.25) is 0 Å². The quantitative estimate of drug-likeness (QED) is 0.837. The van der Waals surface area contributed by atoms with Crippen molar-refractivity contribution in [1.82, 2.24) is 10.0 Å². The van der Waals surface area contributed by atoms with Crippen LogP contribution in [0.4, 0.5) is 0 Å². The molecule has 2 N–H and O–H groups in total. The van der Waals surface area contributed by atoms with Crippen LogP contribution in [0.5, 0.6) is 0 Å². The zero-order valence-corrected chi connectivity index (χ0v) is 14.4. The molecule has 2 rings (SSSR count). The number of sulfonamides is 1. The van der Waals surface area contributed by atoms with Crippen LogP contribution in [-0.4, -0.2) is 33.2 Å². The van der Waals surface area contributed by atoms with Gasteiger partial charge in [0.25, 0.3) is 10.0 Å². The van der Waals surface area contributed by atoms with Crippen molar-refractivity contribution in [2.45, 2.75) is 55.9 Å². The van der Waals surface area contributed by atoms with Crippen LogP contribution < -0.4 is 10.0 Å².